The number of fused-ring (bicyclic) bond motifs is 2. The second kappa shape index (κ2) is 5.06. The molecule has 0 aromatic heterocycles. The Morgan fingerprint density at radius 2 is 2.14 bits per heavy atom. The van der Waals surface area contributed by atoms with E-state index < -0.39 is 0 Å². The molecule has 1 aromatic rings. The minimum Gasteiger partial charge on any atom is -0.368 e. The van der Waals surface area contributed by atoms with Crippen LogP contribution >= 0.6 is 0 Å². The predicted octanol–water partition coefficient (Wildman–Crippen LogP) is 4.06. The standard InChI is InChI=1S/C18H26FNO/c1-17(2)13-7-8-18(17,3)16(10-13)21-15(11-20)12-5-4-6-14(19)9-12/h4-6,9,13,15-16H,7-8,10-11,20H2,1-3H3. The van der Waals surface area contributed by atoms with Crippen molar-refractivity contribution in [3.05, 3.63) is 35.6 Å². The van der Waals surface area contributed by atoms with E-state index in [1.54, 1.807) is 6.07 Å². The smallest absolute Gasteiger partial charge is 0.123 e. The number of nitrogens with two attached hydrogens (primary N) is 1. The lowest BCUT2D eigenvalue weighted by atomic mass is 9.70. The predicted molar refractivity (Wildman–Crippen MR) is 82.3 cm³/mol. The van der Waals surface area contributed by atoms with E-state index in [0.717, 1.165) is 17.9 Å². The van der Waals surface area contributed by atoms with Gasteiger partial charge in [0.05, 0.1) is 12.2 Å². The maximum absolute atomic E-state index is 13.4. The van der Waals surface area contributed by atoms with Gasteiger partial charge in [-0.05, 0) is 53.7 Å². The molecule has 4 unspecified atom stereocenters. The van der Waals surface area contributed by atoms with Gasteiger partial charge in [-0.3, -0.25) is 0 Å². The summed E-state index contributed by atoms with van der Waals surface area (Å²) in [5, 5.41) is 0. The Morgan fingerprint density at radius 1 is 1.38 bits per heavy atom. The molecule has 2 fully saturated rings. The number of benzene rings is 1. The van der Waals surface area contributed by atoms with E-state index in [1.807, 2.05) is 6.07 Å². The Labute approximate surface area is 126 Å². The number of ether oxygens (including phenoxy) is 1. The van der Waals surface area contributed by atoms with Crippen molar-refractivity contribution in [2.45, 2.75) is 52.2 Å². The number of hydrogen-bond donors (Lipinski definition) is 1. The average Bonchev–Trinajstić information content (AvgIpc) is 2.77. The number of halogens is 1. The minimum absolute atomic E-state index is 0.207. The van der Waals surface area contributed by atoms with E-state index in [1.165, 1.54) is 25.0 Å². The summed E-state index contributed by atoms with van der Waals surface area (Å²) in [5.74, 6) is 0.507. The third-order valence-electron chi connectivity index (χ3n) is 6.48. The van der Waals surface area contributed by atoms with Crippen molar-refractivity contribution in [3.63, 3.8) is 0 Å². The number of hydrogen-bond acceptors (Lipinski definition) is 2. The van der Waals surface area contributed by atoms with Crippen molar-refractivity contribution in [1.82, 2.24) is 0 Å². The van der Waals surface area contributed by atoms with Gasteiger partial charge in [0.25, 0.3) is 0 Å². The normalized spacial score (nSPS) is 35.1. The molecule has 0 amide bonds. The van der Waals surface area contributed by atoms with Crippen LogP contribution in [0, 0.1) is 22.6 Å². The zero-order valence-electron chi connectivity index (χ0n) is 13.2. The highest BCUT2D eigenvalue weighted by molar-refractivity contribution is 5.20. The van der Waals surface area contributed by atoms with E-state index in [2.05, 4.69) is 20.8 Å². The highest BCUT2D eigenvalue weighted by Crippen LogP contribution is 2.66. The summed E-state index contributed by atoms with van der Waals surface area (Å²) >= 11 is 0. The van der Waals surface area contributed by atoms with E-state index in [4.69, 9.17) is 10.5 Å². The molecule has 2 bridgehead atoms. The zero-order valence-corrected chi connectivity index (χ0v) is 13.2. The molecule has 3 heteroatoms. The fourth-order valence-corrected chi connectivity index (χ4v) is 4.51. The van der Waals surface area contributed by atoms with Gasteiger partial charge in [-0.2, -0.15) is 0 Å². The maximum atomic E-state index is 13.4. The van der Waals surface area contributed by atoms with Crippen LogP contribution in [0.4, 0.5) is 4.39 Å². The van der Waals surface area contributed by atoms with Crippen LogP contribution in [0.3, 0.4) is 0 Å². The molecule has 2 nitrogen and oxygen atoms in total. The molecule has 0 aliphatic heterocycles. The van der Waals surface area contributed by atoms with Gasteiger partial charge in [-0.15, -0.1) is 0 Å². The van der Waals surface area contributed by atoms with E-state index in [0.29, 0.717) is 12.0 Å². The minimum atomic E-state index is -0.228. The molecule has 3 rings (SSSR count). The van der Waals surface area contributed by atoms with Crippen molar-refractivity contribution < 1.29 is 9.13 Å². The van der Waals surface area contributed by atoms with Crippen molar-refractivity contribution in [1.29, 1.82) is 0 Å². The molecule has 1 aromatic carbocycles. The molecule has 0 saturated heterocycles. The van der Waals surface area contributed by atoms with Crippen LogP contribution in [-0.2, 0) is 4.74 Å². The molecule has 2 aliphatic rings. The fourth-order valence-electron chi connectivity index (χ4n) is 4.51. The Balaban J connectivity index is 1.80. The Kier molecular flexibility index (Phi) is 3.61. The monoisotopic (exact) mass is 291 g/mol. The second-order valence-electron chi connectivity index (χ2n) is 7.51. The highest BCUT2D eigenvalue weighted by atomic mass is 19.1. The topological polar surface area (TPSA) is 35.2 Å². The summed E-state index contributed by atoms with van der Waals surface area (Å²) < 4.78 is 19.8. The molecule has 116 valence electrons. The largest absolute Gasteiger partial charge is 0.368 e. The van der Waals surface area contributed by atoms with Crippen LogP contribution in [0.15, 0.2) is 24.3 Å². The van der Waals surface area contributed by atoms with Gasteiger partial charge in [0, 0.05) is 6.54 Å². The van der Waals surface area contributed by atoms with Gasteiger partial charge < -0.3 is 10.5 Å². The van der Waals surface area contributed by atoms with Crippen LogP contribution in [0.5, 0.6) is 0 Å². The van der Waals surface area contributed by atoms with Crippen LogP contribution in [0.2, 0.25) is 0 Å². The Hall–Kier alpha value is -0.930. The molecule has 0 spiro atoms. The van der Waals surface area contributed by atoms with E-state index in [9.17, 15) is 4.39 Å². The third kappa shape index (κ3) is 2.22. The van der Waals surface area contributed by atoms with Crippen LogP contribution in [0.1, 0.15) is 51.7 Å². The lowest BCUT2D eigenvalue weighted by molar-refractivity contribution is -0.0849. The second-order valence-corrected chi connectivity index (χ2v) is 7.51. The first-order valence-corrected chi connectivity index (χ1v) is 7.99. The van der Waals surface area contributed by atoms with Crippen LogP contribution in [0.25, 0.3) is 0 Å². The first-order valence-electron chi connectivity index (χ1n) is 7.99. The van der Waals surface area contributed by atoms with Gasteiger partial charge in [0.2, 0.25) is 0 Å². The summed E-state index contributed by atoms with van der Waals surface area (Å²) in [6.45, 7) is 7.48. The van der Waals surface area contributed by atoms with Crippen LogP contribution in [-0.4, -0.2) is 12.6 Å². The van der Waals surface area contributed by atoms with Gasteiger partial charge in [0.15, 0.2) is 0 Å². The fraction of sp³-hybridized carbons (Fsp3) is 0.667. The molecule has 2 aliphatic carbocycles. The Bertz CT molecular complexity index is 530. The first-order chi connectivity index (χ1) is 9.88. The molecule has 4 atom stereocenters. The Morgan fingerprint density at radius 3 is 2.67 bits per heavy atom. The lowest BCUT2D eigenvalue weighted by Crippen LogP contribution is -2.38. The zero-order chi connectivity index (χ0) is 15.3. The van der Waals surface area contributed by atoms with Crippen molar-refractivity contribution >= 4 is 0 Å². The highest BCUT2D eigenvalue weighted by Gasteiger charge is 2.62. The molecule has 0 radical (unpaired) electrons. The van der Waals surface area contributed by atoms with Crippen LogP contribution < -0.4 is 5.73 Å². The molecular weight excluding hydrogens is 265 g/mol. The SMILES string of the molecule is CC1(C)C2CCC1(C)C(OC(CN)c1cccc(F)c1)C2. The van der Waals surface area contributed by atoms with Crippen molar-refractivity contribution in [3.8, 4) is 0 Å². The van der Waals surface area contributed by atoms with Gasteiger partial charge in [0.1, 0.15) is 5.82 Å². The van der Waals surface area contributed by atoms with Gasteiger partial charge in [-0.1, -0.05) is 32.9 Å². The first kappa shape index (κ1) is 15.0. The van der Waals surface area contributed by atoms with Crippen molar-refractivity contribution in [2.24, 2.45) is 22.5 Å². The molecule has 21 heavy (non-hydrogen) atoms. The molecule has 2 saturated carbocycles. The van der Waals surface area contributed by atoms with Gasteiger partial charge >= 0.3 is 0 Å². The van der Waals surface area contributed by atoms with Gasteiger partial charge in [-0.25, -0.2) is 4.39 Å². The lowest BCUT2D eigenvalue weighted by Gasteiger charge is -2.40. The average molecular weight is 291 g/mol. The van der Waals surface area contributed by atoms with E-state index >= 15 is 0 Å². The van der Waals surface area contributed by atoms with E-state index in [-0.39, 0.29) is 23.4 Å². The summed E-state index contributed by atoms with van der Waals surface area (Å²) in [6.07, 6.45) is 3.64. The van der Waals surface area contributed by atoms with Crippen molar-refractivity contribution in [2.75, 3.05) is 6.54 Å². The maximum Gasteiger partial charge on any atom is 0.123 e. The molecular formula is C18H26FNO. The summed E-state index contributed by atoms with van der Waals surface area (Å²) in [7, 11) is 0. The quantitative estimate of drug-likeness (QED) is 0.908. The molecule has 2 N–H and O–H groups in total. The summed E-state index contributed by atoms with van der Waals surface area (Å²) in [5.41, 5.74) is 7.27. The summed E-state index contributed by atoms with van der Waals surface area (Å²) in [4.78, 5) is 0. The number of rotatable bonds is 4. The molecule has 0 heterocycles. The third-order valence-corrected chi connectivity index (χ3v) is 6.48. The summed E-state index contributed by atoms with van der Waals surface area (Å²) in [6, 6.07) is 6.63.